The molecule has 0 bridgehead atoms. The monoisotopic (exact) mass is 508 g/mol. The van der Waals surface area contributed by atoms with Gasteiger partial charge in [-0.2, -0.15) is 0 Å². The minimum atomic E-state index is -2.30. The van der Waals surface area contributed by atoms with Gasteiger partial charge in [-0.3, -0.25) is 24.1 Å². The first kappa shape index (κ1) is 27.5. The van der Waals surface area contributed by atoms with E-state index < -0.39 is 60.5 Å². The van der Waals surface area contributed by atoms with Crippen LogP contribution in [0.25, 0.3) is 0 Å². The van der Waals surface area contributed by atoms with Gasteiger partial charge >= 0.3 is 17.9 Å². The number of esters is 3. The number of pyridine rings is 1. The van der Waals surface area contributed by atoms with Crippen molar-refractivity contribution in [1.82, 2.24) is 9.88 Å². The van der Waals surface area contributed by atoms with Gasteiger partial charge in [0, 0.05) is 38.6 Å². The third-order valence-electron chi connectivity index (χ3n) is 6.29. The van der Waals surface area contributed by atoms with E-state index in [-0.39, 0.29) is 11.9 Å². The van der Waals surface area contributed by atoms with Crippen molar-refractivity contribution < 1.29 is 48.0 Å². The number of hydrogen-bond acceptors (Lipinski definition) is 12. The fourth-order valence-electron chi connectivity index (χ4n) is 4.74. The van der Waals surface area contributed by atoms with Gasteiger partial charge in [0.25, 0.3) is 0 Å². The quantitative estimate of drug-likeness (QED) is 0.389. The number of nitrogens with zero attached hydrogens (tertiary/aromatic N) is 2. The third kappa shape index (κ3) is 5.66. The molecule has 12 nitrogen and oxygen atoms in total. The molecule has 36 heavy (non-hydrogen) atoms. The molecule has 1 aromatic heterocycles. The number of Topliss-reactive ketones (excluding diaryl/α,β-unsaturated/α-hetero) is 1. The number of likely N-dealkylation sites (tertiary alicyclic amines) is 1. The molecule has 2 saturated heterocycles. The van der Waals surface area contributed by atoms with E-state index in [0.29, 0.717) is 0 Å². The zero-order valence-corrected chi connectivity index (χ0v) is 21.0. The van der Waals surface area contributed by atoms with E-state index in [1.807, 2.05) is 13.1 Å². The van der Waals surface area contributed by atoms with E-state index in [1.54, 1.807) is 6.07 Å². The highest BCUT2D eigenvalue weighted by Crippen LogP contribution is 2.40. The predicted molar refractivity (Wildman–Crippen MR) is 122 cm³/mol. The summed E-state index contributed by atoms with van der Waals surface area (Å²) in [5, 5.41) is 11.2. The van der Waals surface area contributed by atoms with Crippen LogP contribution < -0.4 is 4.74 Å². The van der Waals surface area contributed by atoms with Crippen LogP contribution in [0.15, 0.2) is 18.3 Å². The average molecular weight is 509 g/mol. The van der Waals surface area contributed by atoms with E-state index in [4.69, 9.17) is 23.7 Å². The summed E-state index contributed by atoms with van der Waals surface area (Å²) in [5.74, 6) is -3.06. The number of ketones is 1. The van der Waals surface area contributed by atoms with Crippen LogP contribution in [0.5, 0.6) is 5.88 Å². The number of aliphatic hydroxyl groups excluding tert-OH is 1. The molecular formula is C24H32N2O10. The molecule has 3 heterocycles. The highest BCUT2D eigenvalue weighted by atomic mass is 16.7. The summed E-state index contributed by atoms with van der Waals surface area (Å²) in [5.41, 5.74) is -1.54. The lowest BCUT2D eigenvalue weighted by Gasteiger charge is -2.49. The van der Waals surface area contributed by atoms with Crippen molar-refractivity contribution in [3.05, 3.63) is 23.9 Å². The molecule has 0 radical (unpaired) electrons. The molecule has 12 heteroatoms. The summed E-state index contributed by atoms with van der Waals surface area (Å²) >= 11 is 0. The van der Waals surface area contributed by atoms with E-state index in [2.05, 4.69) is 9.88 Å². The van der Waals surface area contributed by atoms with Crippen LogP contribution in [0.3, 0.4) is 0 Å². The number of rotatable bonds is 8. The molecule has 2 aliphatic rings. The van der Waals surface area contributed by atoms with E-state index >= 15 is 0 Å². The molecule has 0 aliphatic carbocycles. The first-order valence-corrected chi connectivity index (χ1v) is 11.6. The maximum atomic E-state index is 12.9. The summed E-state index contributed by atoms with van der Waals surface area (Å²) in [7, 11) is 1.98. The van der Waals surface area contributed by atoms with Crippen molar-refractivity contribution in [2.24, 2.45) is 0 Å². The molecule has 1 unspecified atom stereocenters. The van der Waals surface area contributed by atoms with Crippen molar-refractivity contribution >= 4 is 23.7 Å². The summed E-state index contributed by atoms with van der Waals surface area (Å²) in [6.45, 7) is 4.70. The van der Waals surface area contributed by atoms with Crippen LogP contribution in [-0.2, 0) is 38.1 Å². The zero-order chi connectivity index (χ0) is 26.6. The lowest BCUT2D eigenvalue weighted by Crippen LogP contribution is -2.73. The van der Waals surface area contributed by atoms with Gasteiger partial charge in [0.2, 0.25) is 17.8 Å². The second-order valence-corrected chi connectivity index (χ2v) is 8.91. The molecule has 2 fully saturated rings. The molecular weight excluding hydrogens is 476 g/mol. The minimum absolute atomic E-state index is 0.0212. The molecule has 0 saturated carbocycles. The Hall–Kier alpha value is -3.09. The standard InChI is InChI=1S/C24H32N2O10/c1-13(27)24(36-16(4)30)19(12-32-14(2)28)34-23(20(31)21(24)33-15(3)29)35-22-17(8-6-10-25-22)18-9-7-11-26(18)5/h6,8,10,18-21,23,31H,7,9,11-12H2,1-5H3/t18?,19-,20-,21-,23-,24-/m1/s1. The summed E-state index contributed by atoms with van der Waals surface area (Å²) in [6.07, 6.45) is -3.11. The Morgan fingerprint density at radius 3 is 2.44 bits per heavy atom. The van der Waals surface area contributed by atoms with Crippen molar-refractivity contribution in [2.45, 2.75) is 76.8 Å². The molecule has 2 aliphatic heterocycles. The van der Waals surface area contributed by atoms with E-state index in [1.165, 1.54) is 6.20 Å². The molecule has 0 aromatic carbocycles. The van der Waals surface area contributed by atoms with Crippen LogP contribution in [-0.4, -0.2) is 89.1 Å². The topological polar surface area (TPSA) is 151 Å². The van der Waals surface area contributed by atoms with E-state index in [0.717, 1.165) is 52.6 Å². The number of carbonyl (C=O) groups excluding carboxylic acids is 4. The smallest absolute Gasteiger partial charge is 0.303 e. The minimum Gasteiger partial charge on any atom is -0.463 e. The lowest BCUT2D eigenvalue weighted by molar-refractivity contribution is -0.309. The Morgan fingerprint density at radius 2 is 1.89 bits per heavy atom. The fourth-order valence-corrected chi connectivity index (χ4v) is 4.74. The summed E-state index contributed by atoms with van der Waals surface area (Å²) in [4.78, 5) is 54.9. The van der Waals surface area contributed by atoms with Crippen LogP contribution in [0.4, 0.5) is 0 Å². The fraction of sp³-hybridized carbons (Fsp3) is 0.625. The Morgan fingerprint density at radius 1 is 1.17 bits per heavy atom. The van der Waals surface area contributed by atoms with Crippen LogP contribution >= 0.6 is 0 Å². The first-order valence-electron chi connectivity index (χ1n) is 11.6. The lowest BCUT2D eigenvalue weighted by atomic mass is 9.80. The van der Waals surface area contributed by atoms with Crippen LogP contribution in [0.1, 0.15) is 52.1 Å². The largest absolute Gasteiger partial charge is 0.463 e. The van der Waals surface area contributed by atoms with Crippen molar-refractivity contribution in [3.63, 3.8) is 0 Å². The van der Waals surface area contributed by atoms with Gasteiger partial charge < -0.3 is 28.8 Å². The second-order valence-electron chi connectivity index (χ2n) is 8.91. The van der Waals surface area contributed by atoms with Gasteiger partial charge in [-0.1, -0.05) is 6.07 Å². The molecule has 1 N–H and O–H groups in total. The number of hydrogen-bond donors (Lipinski definition) is 1. The number of aliphatic hydroxyl groups is 1. The highest BCUT2D eigenvalue weighted by Gasteiger charge is 2.65. The molecule has 6 atom stereocenters. The van der Waals surface area contributed by atoms with Gasteiger partial charge in [-0.25, -0.2) is 4.98 Å². The predicted octanol–water partition coefficient (Wildman–Crippen LogP) is 0.699. The average Bonchev–Trinajstić information content (AvgIpc) is 3.22. The molecule has 1 aromatic rings. The number of carbonyl (C=O) groups is 4. The van der Waals surface area contributed by atoms with Gasteiger partial charge in [0.05, 0.1) is 0 Å². The number of aromatic nitrogens is 1. The Labute approximate surface area is 208 Å². The maximum absolute atomic E-state index is 12.9. The van der Waals surface area contributed by atoms with E-state index in [9.17, 15) is 24.3 Å². The zero-order valence-electron chi connectivity index (χ0n) is 21.0. The van der Waals surface area contributed by atoms with Gasteiger partial charge in [-0.15, -0.1) is 0 Å². The van der Waals surface area contributed by atoms with Gasteiger partial charge in [-0.05, 0) is 39.4 Å². The molecule has 0 amide bonds. The Bertz CT molecular complexity index is 1000. The van der Waals surface area contributed by atoms with Crippen molar-refractivity contribution in [2.75, 3.05) is 20.2 Å². The molecule has 0 spiro atoms. The Balaban J connectivity index is 2.03. The van der Waals surface area contributed by atoms with Gasteiger partial charge in [0.1, 0.15) is 12.7 Å². The third-order valence-corrected chi connectivity index (χ3v) is 6.29. The summed E-state index contributed by atoms with van der Waals surface area (Å²) < 4.78 is 27.6. The van der Waals surface area contributed by atoms with Crippen molar-refractivity contribution in [1.29, 1.82) is 0 Å². The number of ether oxygens (including phenoxy) is 5. The Kier molecular flexibility index (Phi) is 8.64. The van der Waals surface area contributed by atoms with Crippen molar-refractivity contribution in [3.8, 4) is 5.88 Å². The van der Waals surface area contributed by atoms with Gasteiger partial charge in [0.15, 0.2) is 18.0 Å². The second kappa shape index (κ2) is 11.3. The summed E-state index contributed by atoms with van der Waals surface area (Å²) in [6, 6.07) is 3.63. The highest BCUT2D eigenvalue weighted by molar-refractivity contribution is 5.90. The normalized spacial score (nSPS) is 30.3. The SMILES string of the molecule is CC(=O)OC[C@H]1O[C@H](Oc2ncccc2C2CCCN2C)[C@H](O)[C@@H](OC(C)=O)[C@@]1(OC(C)=O)C(C)=O. The molecule has 3 rings (SSSR count). The first-order chi connectivity index (χ1) is 17.0. The van der Waals surface area contributed by atoms with Crippen LogP contribution in [0.2, 0.25) is 0 Å². The maximum Gasteiger partial charge on any atom is 0.303 e. The molecule has 198 valence electrons. The van der Waals surface area contributed by atoms with Crippen LogP contribution in [0, 0.1) is 0 Å².